The second-order valence-corrected chi connectivity index (χ2v) is 3.54. The van der Waals surface area contributed by atoms with Crippen LogP contribution in [-0.4, -0.2) is 4.92 Å². The number of benzene rings is 2. The second-order valence-electron chi connectivity index (χ2n) is 3.54. The third-order valence-corrected chi connectivity index (χ3v) is 2.23. The lowest BCUT2D eigenvalue weighted by Crippen LogP contribution is -1.96. The fourth-order valence-electron chi connectivity index (χ4n) is 1.43. The Balaban J connectivity index is 2.25. The molecule has 6 heteroatoms. The van der Waals surface area contributed by atoms with E-state index in [-0.39, 0.29) is 11.4 Å². The van der Waals surface area contributed by atoms with Gasteiger partial charge in [0.2, 0.25) is 0 Å². The Morgan fingerprint density at radius 1 is 1.17 bits per heavy atom. The number of nitro benzene ring substituents is 1. The number of halogens is 1. The number of hydrogen-bond acceptors (Lipinski definition) is 4. The molecule has 0 fully saturated rings. The molecule has 0 heterocycles. The molecule has 18 heavy (non-hydrogen) atoms. The topological polar surface area (TPSA) is 78.4 Å². The summed E-state index contributed by atoms with van der Waals surface area (Å²) in [6.07, 6.45) is 0. The van der Waals surface area contributed by atoms with Crippen LogP contribution in [0.1, 0.15) is 0 Å². The van der Waals surface area contributed by atoms with Crippen molar-refractivity contribution in [3.63, 3.8) is 0 Å². The number of hydrogen-bond donors (Lipinski definition) is 1. The van der Waals surface area contributed by atoms with Crippen molar-refractivity contribution in [2.75, 3.05) is 5.73 Å². The van der Waals surface area contributed by atoms with Crippen LogP contribution in [0.2, 0.25) is 0 Å². The molecule has 2 aromatic rings. The van der Waals surface area contributed by atoms with Gasteiger partial charge in [0, 0.05) is 18.2 Å². The van der Waals surface area contributed by atoms with Crippen LogP contribution in [0.25, 0.3) is 0 Å². The minimum Gasteiger partial charge on any atom is -0.457 e. The van der Waals surface area contributed by atoms with Gasteiger partial charge in [0.25, 0.3) is 5.69 Å². The highest BCUT2D eigenvalue weighted by Crippen LogP contribution is 2.29. The van der Waals surface area contributed by atoms with Crippen LogP contribution >= 0.6 is 0 Å². The molecule has 0 saturated carbocycles. The first-order valence-electron chi connectivity index (χ1n) is 5.03. The molecule has 0 aromatic heterocycles. The lowest BCUT2D eigenvalue weighted by Gasteiger charge is -2.06. The molecule has 0 amide bonds. The van der Waals surface area contributed by atoms with E-state index in [0.717, 1.165) is 0 Å². The zero-order chi connectivity index (χ0) is 13.1. The van der Waals surface area contributed by atoms with E-state index < -0.39 is 10.7 Å². The van der Waals surface area contributed by atoms with Gasteiger partial charge in [-0.2, -0.15) is 0 Å². The van der Waals surface area contributed by atoms with Crippen molar-refractivity contribution in [1.82, 2.24) is 0 Å². The average Bonchev–Trinajstić information content (AvgIpc) is 2.28. The van der Waals surface area contributed by atoms with E-state index in [4.69, 9.17) is 10.5 Å². The van der Waals surface area contributed by atoms with Crippen molar-refractivity contribution < 1.29 is 14.1 Å². The maximum absolute atomic E-state index is 12.9. The van der Waals surface area contributed by atoms with E-state index in [2.05, 4.69) is 0 Å². The number of nitrogens with two attached hydrogens (primary N) is 1. The van der Waals surface area contributed by atoms with Crippen LogP contribution in [-0.2, 0) is 0 Å². The van der Waals surface area contributed by atoms with Gasteiger partial charge in [-0.25, -0.2) is 4.39 Å². The van der Waals surface area contributed by atoms with Gasteiger partial charge < -0.3 is 10.5 Å². The quantitative estimate of drug-likeness (QED) is 0.514. The molecule has 0 aliphatic heterocycles. The zero-order valence-corrected chi connectivity index (χ0v) is 9.17. The first kappa shape index (κ1) is 11.8. The highest BCUT2D eigenvalue weighted by molar-refractivity contribution is 5.61. The van der Waals surface area contributed by atoms with Crippen LogP contribution in [0.15, 0.2) is 42.5 Å². The summed E-state index contributed by atoms with van der Waals surface area (Å²) in [5, 5.41) is 10.6. The highest BCUT2D eigenvalue weighted by atomic mass is 19.1. The zero-order valence-electron chi connectivity index (χ0n) is 9.17. The number of rotatable bonds is 3. The van der Waals surface area contributed by atoms with Gasteiger partial charge in [0.05, 0.1) is 4.92 Å². The standard InChI is InChI=1S/C12H9FN2O3/c13-8-2-1-3-9(6-8)18-10-4-5-12(15(16)17)11(14)7-10/h1-7H,14H2. The first-order chi connectivity index (χ1) is 8.56. The molecular weight excluding hydrogens is 239 g/mol. The van der Waals surface area contributed by atoms with Crippen molar-refractivity contribution in [2.45, 2.75) is 0 Å². The molecule has 0 aliphatic rings. The summed E-state index contributed by atoms with van der Waals surface area (Å²) in [4.78, 5) is 9.99. The minimum absolute atomic E-state index is 0.00565. The summed E-state index contributed by atoms with van der Waals surface area (Å²) >= 11 is 0. The van der Waals surface area contributed by atoms with Gasteiger partial charge in [-0.05, 0) is 18.2 Å². The van der Waals surface area contributed by atoms with Gasteiger partial charge in [0.1, 0.15) is 23.0 Å². The molecule has 0 bridgehead atoms. The smallest absolute Gasteiger partial charge is 0.292 e. The van der Waals surface area contributed by atoms with E-state index >= 15 is 0 Å². The summed E-state index contributed by atoms with van der Waals surface area (Å²) in [6.45, 7) is 0. The minimum atomic E-state index is -0.582. The van der Waals surface area contributed by atoms with Crippen molar-refractivity contribution in [2.24, 2.45) is 0 Å². The van der Waals surface area contributed by atoms with Crippen molar-refractivity contribution in [3.05, 3.63) is 58.4 Å². The molecule has 2 rings (SSSR count). The van der Waals surface area contributed by atoms with E-state index in [1.807, 2.05) is 0 Å². The van der Waals surface area contributed by atoms with Crippen LogP contribution in [0.4, 0.5) is 15.8 Å². The first-order valence-corrected chi connectivity index (χ1v) is 5.03. The van der Waals surface area contributed by atoms with Crippen molar-refractivity contribution in [3.8, 4) is 11.5 Å². The number of ether oxygens (including phenoxy) is 1. The van der Waals surface area contributed by atoms with Crippen LogP contribution in [0.5, 0.6) is 11.5 Å². The third kappa shape index (κ3) is 2.54. The van der Waals surface area contributed by atoms with E-state index in [1.54, 1.807) is 6.07 Å². The maximum atomic E-state index is 12.9. The lowest BCUT2D eigenvalue weighted by molar-refractivity contribution is -0.383. The van der Waals surface area contributed by atoms with Crippen molar-refractivity contribution in [1.29, 1.82) is 0 Å². The Kier molecular flexibility index (Phi) is 3.09. The predicted molar refractivity (Wildman–Crippen MR) is 64.0 cm³/mol. The van der Waals surface area contributed by atoms with Gasteiger partial charge >= 0.3 is 0 Å². The molecule has 0 unspecified atom stereocenters. The van der Waals surface area contributed by atoms with Gasteiger partial charge in [-0.1, -0.05) is 6.07 Å². The molecule has 2 N–H and O–H groups in total. The summed E-state index contributed by atoms with van der Waals surface area (Å²) in [5.41, 5.74) is 5.31. The highest BCUT2D eigenvalue weighted by Gasteiger charge is 2.11. The number of nitrogen functional groups attached to an aromatic ring is 1. The van der Waals surface area contributed by atoms with E-state index in [0.29, 0.717) is 11.5 Å². The summed E-state index contributed by atoms with van der Waals surface area (Å²) in [5.74, 6) is 0.175. The SMILES string of the molecule is Nc1cc(Oc2cccc(F)c2)ccc1[N+](=O)[O-]. The molecule has 0 radical (unpaired) electrons. The summed E-state index contributed by atoms with van der Waals surface area (Å²) in [7, 11) is 0. The van der Waals surface area contributed by atoms with Crippen molar-refractivity contribution >= 4 is 11.4 Å². The number of nitro groups is 1. The Morgan fingerprint density at radius 2 is 1.89 bits per heavy atom. The summed E-state index contributed by atoms with van der Waals surface area (Å²) < 4.78 is 18.3. The molecule has 0 aliphatic carbocycles. The predicted octanol–water partition coefficient (Wildman–Crippen LogP) is 3.11. The average molecular weight is 248 g/mol. The van der Waals surface area contributed by atoms with Crippen LogP contribution in [0, 0.1) is 15.9 Å². The molecular formula is C12H9FN2O3. The van der Waals surface area contributed by atoms with Crippen LogP contribution < -0.4 is 10.5 Å². The largest absolute Gasteiger partial charge is 0.457 e. The van der Waals surface area contributed by atoms with Gasteiger partial charge in [-0.3, -0.25) is 10.1 Å². The Morgan fingerprint density at radius 3 is 2.50 bits per heavy atom. The molecule has 0 saturated heterocycles. The fourth-order valence-corrected chi connectivity index (χ4v) is 1.43. The summed E-state index contributed by atoms with van der Waals surface area (Å²) in [6, 6.07) is 9.53. The van der Waals surface area contributed by atoms with E-state index in [1.165, 1.54) is 36.4 Å². The fraction of sp³-hybridized carbons (Fsp3) is 0. The lowest BCUT2D eigenvalue weighted by atomic mass is 10.2. The normalized spacial score (nSPS) is 10.1. The van der Waals surface area contributed by atoms with E-state index in [9.17, 15) is 14.5 Å². The third-order valence-electron chi connectivity index (χ3n) is 2.23. The Hall–Kier alpha value is -2.63. The van der Waals surface area contributed by atoms with Gasteiger partial charge in [0.15, 0.2) is 0 Å². The molecule has 0 atom stereocenters. The Labute approximate surface area is 102 Å². The molecule has 2 aromatic carbocycles. The molecule has 5 nitrogen and oxygen atoms in total. The monoisotopic (exact) mass is 248 g/mol. The number of anilines is 1. The maximum Gasteiger partial charge on any atom is 0.292 e. The van der Waals surface area contributed by atoms with Crippen LogP contribution in [0.3, 0.4) is 0 Å². The van der Waals surface area contributed by atoms with Gasteiger partial charge in [-0.15, -0.1) is 0 Å². The number of nitrogens with zero attached hydrogens (tertiary/aromatic N) is 1. The second kappa shape index (κ2) is 4.70. The molecule has 92 valence electrons. The Bertz CT molecular complexity index is 602. The molecule has 0 spiro atoms.